The van der Waals surface area contributed by atoms with Crippen molar-refractivity contribution in [2.24, 2.45) is 17.8 Å². The third kappa shape index (κ3) is 1.57. The maximum Gasteiger partial charge on any atom is 0.224 e. The van der Waals surface area contributed by atoms with E-state index in [1.165, 1.54) is 11.1 Å². The third-order valence-electron chi connectivity index (χ3n) is 4.82. The highest BCUT2D eigenvalue weighted by Crippen LogP contribution is 2.42. The normalized spacial score (nSPS) is 33.0. The van der Waals surface area contributed by atoms with Gasteiger partial charge in [0.25, 0.3) is 0 Å². The van der Waals surface area contributed by atoms with Gasteiger partial charge in [0, 0.05) is 25.0 Å². The minimum Gasteiger partial charge on any atom is -0.352 e. The molecule has 0 radical (unpaired) electrons. The van der Waals surface area contributed by atoms with Crippen molar-refractivity contribution >= 4 is 5.91 Å². The summed E-state index contributed by atoms with van der Waals surface area (Å²) in [5.74, 6) is 1.85. The van der Waals surface area contributed by atoms with Crippen molar-refractivity contribution in [2.75, 3.05) is 13.1 Å². The van der Waals surface area contributed by atoms with Crippen LogP contribution < -0.4 is 10.6 Å². The summed E-state index contributed by atoms with van der Waals surface area (Å²) >= 11 is 0. The van der Waals surface area contributed by atoms with Crippen molar-refractivity contribution in [3.8, 4) is 0 Å². The highest BCUT2D eigenvalue weighted by molar-refractivity contribution is 5.81. The van der Waals surface area contributed by atoms with Gasteiger partial charge in [-0.15, -0.1) is 0 Å². The molecule has 1 amide bonds. The molecule has 3 heteroatoms. The molecule has 2 atom stereocenters. The molecule has 2 aliphatic carbocycles. The molecular weight excluding hydrogens is 224 g/mol. The standard InChI is InChI=1S/C15H18N2O/c18-15(17-14-12-7-16-8-13(12)14)11-5-9-3-1-2-4-10(9)6-11/h1-4,11-14,16H,5-8H2,(H,17,18). The lowest BCUT2D eigenvalue weighted by Crippen LogP contribution is -2.37. The summed E-state index contributed by atoms with van der Waals surface area (Å²) in [7, 11) is 0. The zero-order valence-corrected chi connectivity index (χ0v) is 10.4. The highest BCUT2D eigenvalue weighted by atomic mass is 16.2. The summed E-state index contributed by atoms with van der Waals surface area (Å²) in [6.07, 6.45) is 1.84. The highest BCUT2D eigenvalue weighted by Gasteiger charge is 2.53. The summed E-state index contributed by atoms with van der Waals surface area (Å²) in [6.45, 7) is 2.17. The molecule has 1 aromatic carbocycles. The summed E-state index contributed by atoms with van der Waals surface area (Å²) in [6, 6.07) is 8.89. The van der Waals surface area contributed by atoms with Crippen LogP contribution in [0.1, 0.15) is 11.1 Å². The second-order valence-corrected chi connectivity index (χ2v) is 5.89. The molecule has 18 heavy (non-hydrogen) atoms. The number of hydrogen-bond donors (Lipinski definition) is 2. The Kier molecular flexibility index (Phi) is 2.24. The number of hydrogen-bond acceptors (Lipinski definition) is 2. The first-order valence-corrected chi connectivity index (χ1v) is 6.91. The van der Waals surface area contributed by atoms with Crippen LogP contribution in [0, 0.1) is 17.8 Å². The molecule has 1 saturated heterocycles. The number of carbonyl (C=O) groups excluding carboxylic acids is 1. The van der Waals surface area contributed by atoms with E-state index in [2.05, 4.69) is 34.9 Å². The summed E-state index contributed by atoms with van der Waals surface area (Å²) in [5, 5.41) is 6.61. The van der Waals surface area contributed by atoms with Crippen LogP contribution >= 0.6 is 0 Å². The molecule has 1 saturated carbocycles. The molecule has 2 unspecified atom stereocenters. The maximum absolute atomic E-state index is 12.3. The van der Waals surface area contributed by atoms with Crippen molar-refractivity contribution in [1.82, 2.24) is 10.6 Å². The topological polar surface area (TPSA) is 41.1 Å². The maximum atomic E-state index is 12.3. The minimum atomic E-state index is 0.164. The molecule has 2 fully saturated rings. The fourth-order valence-corrected chi connectivity index (χ4v) is 3.66. The molecule has 1 heterocycles. The number of carbonyl (C=O) groups is 1. The Morgan fingerprint density at radius 1 is 1.11 bits per heavy atom. The first-order valence-electron chi connectivity index (χ1n) is 6.91. The van der Waals surface area contributed by atoms with Crippen LogP contribution in [0.4, 0.5) is 0 Å². The molecular formula is C15H18N2O. The number of benzene rings is 1. The average molecular weight is 242 g/mol. The quantitative estimate of drug-likeness (QED) is 0.803. The Hall–Kier alpha value is -1.35. The number of fused-ring (bicyclic) bond motifs is 2. The fourth-order valence-electron chi connectivity index (χ4n) is 3.66. The van der Waals surface area contributed by atoms with E-state index >= 15 is 0 Å². The zero-order chi connectivity index (χ0) is 12.1. The van der Waals surface area contributed by atoms with Gasteiger partial charge in [-0.2, -0.15) is 0 Å². The van der Waals surface area contributed by atoms with Gasteiger partial charge in [0.05, 0.1) is 0 Å². The molecule has 3 nitrogen and oxygen atoms in total. The van der Waals surface area contributed by atoms with Crippen LogP contribution in [0.2, 0.25) is 0 Å². The van der Waals surface area contributed by atoms with E-state index in [4.69, 9.17) is 0 Å². The molecule has 1 aliphatic heterocycles. The number of rotatable bonds is 2. The predicted octanol–water partition coefficient (Wildman–Crippen LogP) is 0.735. The van der Waals surface area contributed by atoms with E-state index in [1.807, 2.05) is 0 Å². The van der Waals surface area contributed by atoms with Gasteiger partial charge in [0.2, 0.25) is 5.91 Å². The lowest BCUT2D eigenvalue weighted by atomic mass is 10.1. The first-order chi connectivity index (χ1) is 8.83. The van der Waals surface area contributed by atoms with Crippen molar-refractivity contribution in [1.29, 1.82) is 0 Å². The fraction of sp³-hybridized carbons (Fsp3) is 0.533. The average Bonchev–Trinajstić information content (AvgIpc) is 2.84. The lowest BCUT2D eigenvalue weighted by molar-refractivity contribution is -0.125. The van der Waals surface area contributed by atoms with Gasteiger partial charge >= 0.3 is 0 Å². The van der Waals surface area contributed by atoms with Crippen LogP contribution in [-0.2, 0) is 17.6 Å². The van der Waals surface area contributed by atoms with Gasteiger partial charge in [-0.3, -0.25) is 4.79 Å². The third-order valence-corrected chi connectivity index (χ3v) is 4.82. The number of piperidine rings is 1. The lowest BCUT2D eigenvalue weighted by Gasteiger charge is -2.12. The van der Waals surface area contributed by atoms with Crippen LogP contribution in [0.5, 0.6) is 0 Å². The molecule has 0 spiro atoms. The van der Waals surface area contributed by atoms with Crippen molar-refractivity contribution in [3.05, 3.63) is 35.4 Å². The SMILES string of the molecule is O=C(NC1C2CNCC21)C1Cc2ccccc2C1. The molecule has 4 rings (SSSR count). The molecule has 1 aromatic rings. The van der Waals surface area contributed by atoms with Crippen molar-refractivity contribution in [3.63, 3.8) is 0 Å². The van der Waals surface area contributed by atoms with E-state index in [9.17, 15) is 4.79 Å². The van der Waals surface area contributed by atoms with Crippen LogP contribution in [0.15, 0.2) is 24.3 Å². The largest absolute Gasteiger partial charge is 0.352 e. The van der Waals surface area contributed by atoms with Crippen molar-refractivity contribution < 1.29 is 4.79 Å². The van der Waals surface area contributed by atoms with Gasteiger partial charge in [-0.1, -0.05) is 24.3 Å². The Labute approximate surface area is 107 Å². The zero-order valence-electron chi connectivity index (χ0n) is 10.4. The predicted molar refractivity (Wildman–Crippen MR) is 69.1 cm³/mol. The van der Waals surface area contributed by atoms with Crippen molar-refractivity contribution in [2.45, 2.75) is 18.9 Å². The summed E-state index contributed by atoms with van der Waals surface area (Å²) in [5.41, 5.74) is 2.71. The van der Waals surface area contributed by atoms with Crippen LogP contribution in [0.25, 0.3) is 0 Å². The van der Waals surface area contributed by atoms with E-state index < -0.39 is 0 Å². The number of amides is 1. The van der Waals surface area contributed by atoms with Gasteiger partial charge in [-0.25, -0.2) is 0 Å². The molecule has 2 N–H and O–H groups in total. The number of nitrogens with one attached hydrogen (secondary N) is 2. The smallest absolute Gasteiger partial charge is 0.224 e. The Morgan fingerprint density at radius 2 is 1.72 bits per heavy atom. The molecule has 0 aromatic heterocycles. The van der Waals surface area contributed by atoms with E-state index in [-0.39, 0.29) is 11.8 Å². The van der Waals surface area contributed by atoms with Gasteiger partial charge in [-0.05, 0) is 35.8 Å². The van der Waals surface area contributed by atoms with E-state index in [0.29, 0.717) is 17.9 Å². The van der Waals surface area contributed by atoms with E-state index in [0.717, 1.165) is 25.9 Å². The Balaban J connectivity index is 1.39. The van der Waals surface area contributed by atoms with Gasteiger partial charge in [0.1, 0.15) is 0 Å². The molecule has 0 bridgehead atoms. The monoisotopic (exact) mass is 242 g/mol. The van der Waals surface area contributed by atoms with Gasteiger partial charge < -0.3 is 10.6 Å². The Morgan fingerprint density at radius 3 is 2.33 bits per heavy atom. The molecule has 94 valence electrons. The Bertz CT molecular complexity index is 464. The summed E-state index contributed by atoms with van der Waals surface area (Å²) in [4.78, 5) is 12.3. The van der Waals surface area contributed by atoms with Gasteiger partial charge in [0.15, 0.2) is 0 Å². The van der Waals surface area contributed by atoms with Crippen LogP contribution in [0.3, 0.4) is 0 Å². The molecule has 3 aliphatic rings. The summed E-state index contributed by atoms with van der Waals surface area (Å²) < 4.78 is 0. The van der Waals surface area contributed by atoms with E-state index in [1.54, 1.807) is 0 Å². The van der Waals surface area contributed by atoms with Crippen LogP contribution in [-0.4, -0.2) is 25.0 Å². The second kappa shape index (κ2) is 3.82. The first kappa shape index (κ1) is 10.6. The second-order valence-electron chi connectivity index (χ2n) is 5.89. The minimum absolute atomic E-state index is 0.164.